The predicted octanol–water partition coefficient (Wildman–Crippen LogP) is 2.69. The van der Waals surface area contributed by atoms with Crippen molar-refractivity contribution >= 4 is 11.3 Å². The largest absolute Gasteiger partial charge is 0.354 e. The van der Waals surface area contributed by atoms with Gasteiger partial charge in [-0.2, -0.15) is 15.5 Å². The van der Waals surface area contributed by atoms with Gasteiger partial charge in [-0.15, -0.1) is 0 Å². The Morgan fingerprint density at radius 3 is 2.45 bits per heavy atom. The summed E-state index contributed by atoms with van der Waals surface area (Å²) < 4.78 is 5.11. The molecular formula is C28H27N9O. The van der Waals surface area contributed by atoms with E-state index in [1.165, 1.54) is 0 Å². The third-order valence-corrected chi connectivity index (χ3v) is 7.10. The molecule has 0 aromatic carbocycles. The molecule has 1 fully saturated rings. The van der Waals surface area contributed by atoms with Crippen LogP contribution in [0.2, 0.25) is 0 Å². The molecule has 1 saturated heterocycles. The minimum atomic E-state index is 0.0199. The Kier molecular flexibility index (Phi) is 5.98. The van der Waals surface area contributed by atoms with Gasteiger partial charge in [0.1, 0.15) is 11.9 Å². The summed E-state index contributed by atoms with van der Waals surface area (Å²) in [5, 5.41) is 18.4. The number of piperazine rings is 1. The van der Waals surface area contributed by atoms with Crippen molar-refractivity contribution in [2.45, 2.75) is 6.54 Å². The standard InChI is InChI=1S/C28H27N9O/c1-33-6-5-20(11-27(33)38)17-35-7-9-36(10-8-35)26-4-3-21(14-30-26)25-12-22(24-16-31-34(2)18-24)19-37-28(25)23(13-29)15-32-37/h3-6,11-12,14-16,18-19H,7-10,17H2,1-2H3. The third kappa shape index (κ3) is 4.44. The summed E-state index contributed by atoms with van der Waals surface area (Å²) in [5.74, 6) is 0.926. The van der Waals surface area contributed by atoms with Crippen LogP contribution in [0.25, 0.3) is 27.8 Å². The summed E-state index contributed by atoms with van der Waals surface area (Å²) in [7, 11) is 3.65. The second-order valence-corrected chi connectivity index (χ2v) is 9.66. The Morgan fingerprint density at radius 1 is 0.921 bits per heavy atom. The van der Waals surface area contributed by atoms with Crippen LogP contribution in [0.4, 0.5) is 5.82 Å². The maximum atomic E-state index is 11.9. The van der Waals surface area contributed by atoms with E-state index in [1.54, 1.807) is 33.1 Å². The lowest BCUT2D eigenvalue weighted by atomic mass is 10.0. The van der Waals surface area contributed by atoms with Gasteiger partial charge in [0.25, 0.3) is 5.56 Å². The van der Waals surface area contributed by atoms with E-state index < -0.39 is 0 Å². The lowest BCUT2D eigenvalue weighted by Gasteiger charge is -2.35. The monoisotopic (exact) mass is 505 g/mol. The third-order valence-electron chi connectivity index (χ3n) is 7.10. The Balaban J connectivity index is 1.22. The first kappa shape index (κ1) is 23.6. The van der Waals surface area contributed by atoms with Gasteiger partial charge in [0.15, 0.2) is 0 Å². The predicted molar refractivity (Wildman–Crippen MR) is 145 cm³/mol. The van der Waals surface area contributed by atoms with Crippen LogP contribution in [-0.2, 0) is 20.6 Å². The highest BCUT2D eigenvalue weighted by molar-refractivity contribution is 5.87. The lowest BCUT2D eigenvalue weighted by molar-refractivity contribution is 0.249. The summed E-state index contributed by atoms with van der Waals surface area (Å²) in [6.07, 6.45) is 11.0. The average molecular weight is 506 g/mol. The molecule has 0 amide bonds. The van der Waals surface area contributed by atoms with Crippen LogP contribution in [0.1, 0.15) is 11.1 Å². The smallest absolute Gasteiger partial charge is 0.250 e. The highest BCUT2D eigenvalue weighted by Gasteiger charge is 2.19. The number of anilines is 1. The fourth-order valence-corrected chi connectivity index (χ4v) is 4.97. The Morgan fingerprint density at radius 2 is 1.76 bits per heavy atom. The maximum absolute atomic E-state index is 11.9. The number of hydrogen-bond donors (Lipinski definition) is 0. The molecule has 190 valence electrons. The molecule has 10 heteroatoms. The van der Waals surface area contributed by atoms with Crippen molar-refractivity contribution in [3.8, 4) is 28.3 Å². The molecule has 0 aliphatic carbocycles. The molecule has 0 atom stereocenters. The van der Waals surface area contributed by atoms with Crippen molar-refractivity contribution in [2.75, 3.05) is 31.1 Å². The molecular weight excluding hydrogens is 478 g/mol. The van der Waals surface area contributed by atoms with Gasteiger partial charge in [-0.25, -0.2) is 9.50 Å². The topological polar surface area (TPSA) is 100 Å². The highest BCUT2D eigenvalue weighted by atomic mass is 16.1. The van der Waals surface area contributed by atoms with Crippen LogP contribution in [0.15, 0.2) is 72.3 Å². The van der Waals surface area contributed by atoms with Crippen molar-refractivity contribution in [3.05, 3.63) is 89.0 Å². The molecule has 0 bridgehead atoms. The average Bonchev–Trinajstić information content (AvgIpc) is 3.57. The van der Waals surface area contributed by atoms with Gasteiger partial charge in [-0.1, -0.05) is 0 Å². The van der Waals surface area contributed by atoms with Crippen LogP contribution in [0.5, 0.6) is 0 Å². The highest BCUT2D eigenvalue weighted by Crippen LogP contribution is 2.32. The van der Waals surface area contributed by atoms with E-state index in [0.717, 1.165) is 71.9 Å². The Hall–Kier alpha value is -4.75. The van der Waals surface area contributed by atoms with Gasteiger partial charge >= 0.3 is 0 Å². The number of aryl methyl sites for hydroxylation is 2. The summed E-state index contributed by atoms with van der Waals surface area (Å²) >= 11 is 0. The molecule has 0 N–H and O–H groups in total. The molecule has 5 aromatic rings. The van der Waals surface area contributed by atoms with Crippen molar-refractivity contribution in [3.63, 3.8) is 0 Å². The number of pyridine rings is 3. The van der Waals surface area contributed by atoms with Crippen molar-refractivity contribution in [2.24, 2.45) is 14.1 Å². The van der Waals surface area contributed by atoms with E-state index >= 15 is 0 Å². The molecule has 6 heterocycles. The van der Waals surface area contributed by atoms with E-state index in [2.05, 4.69) is 38.2 Å². The fraction of sp³-hybridized carbons (Fsp3) is 0.250. The van der Waals surface area contributed by atoms with E-state index in [0.29, 0.717) is 5.56 Å². The molecule has 1 aliphatic rings. The van der Waals surface area contributed by atoms with Crippen molar-refractivity contribution in [1.29, 1.82) is 5.26 Å². The van der Waals surface area contributed by atoms with Gasteiger partial charge in [0.05, 0.1) is 23.5 Å². The van der Waals surface area contributed by atoms with E-state index in [4.69, 9.17) is 4.98 Å². The normalized spacial score (nSPS) is 14.2. The molecule has 5 aromatic heterocycles. The zero-order chi connectivity index (χ0) is 26.2. The van der Waals surface area contributed by atoms with E-state index in [9.17, 15) is 10.1 Å². The Bertz CT molecular complexity index is 1710. The first-order valence-corrected chi connectivity index (χ1v) is 12.5. The van der Waals surface area contributed by atoms with E-state index in [-0.39, 0.29) is 5.56 Å². The molecule has 6 rings (SSSR count). The summed E-state index contributed by atoms with van der Waals surface area (Å²) in [4.78, 5) is 21.4. The van der Waals surface area contributed by atoms with Crippen molar-refractivity contribution < 1.29 is 0 Å². The number of fused-ring (bicyclic) bond motifs is 1. The van der Waals surface area contributed by atoms with Crippen LogP contribution < -0.4 is 10.5 Å². The molecule has 0 unspecified atom stereocenters. The van der Waals surface area contributed by atoms with E-state index in [1.807, 2.05) is 50.2 Å². The number of aromatic nitrogens is 6. The molecule has 38 heavy (non-hydrogen) atoms. The fourth-order valence-electron chi connectivity index (χ4n) is 4.97. The van der Waals surface area contributed by atoms with Gasteiger partial charge in [-0.05, 0) is 29.8 Å². The van der Waals surface area contributed by atoms with Crippen LogP contribution >= 0.6 is 0 Å². The van der Waals surface area contributed by atoms with Gasteiger partial charge in [0, 0.05) is 99.9 Å². The Labute approximate surface area is 219 Å². The molecule has 0 spiro atoms. The van der Waals surface area contributed by atoms with Crippen molar-refractivity contribution in [1.82, 2.24) is 33.8 Å². The quantitative estimate of drug-likeness (QED) is 0.362. The zero-order valence-corrected chi connectivity index (χ0v) is 21.3. The second-order valence-electron chi connectivity index (χ2n) is 9.66. The second kappa shape index (κ2) is 9.61. The number of rotatable bonds is 5. The molecule has 1 aliphatic heterocycles. The lowest BCUT2D eigenvalue weighted by Crippen LogP contribution is -2.46. The maximum Gasteiger partial charge on any atom is 0.250 e. The van der Waals surface area contributed by atoms with Gasteiger partial charge < -0.3 is 9.47 Å². The number of nitriles is 1. The van der Waals surface area contributed by atoms with Gasteiger partial charge in [-0.3, -0.25) is 14.4 Å². The molecule has 10 nitrogen and oxygen atoms in total. The summed E-state index contributed by atoms with van der Waals surface area (Å²) in [6, 6.07) is 12.2. The summed E-state index contributed by atoms with van der Waals surface area (Å²) in [5.41, 5.74) is 6.11. The SMILES string of the molecule is Cn1cc(-c2cc(-c3ccc(N4CCN(Cc5ccn(C)c(=O)c5)CC4)nc3)c3c(C#N)cnn3c2)cn1. The van der Waals surface area contributed by atoms with Crippen LogP contribution in [-0.4, -0.2) is 60.0 Å². The minimum Gasteiger partial charge on any atom is -0.354 e. The van der Waals surface area contributed by atoms with Gasteiger partial charge in [0.2, 0.25) is 0 Å². The minimum absolute atomic E-state index is 0.0199. The first-order valence-electron chi connectivity index (χ1n) is 12.5. The zero-order valence-electron chi connectivity index (χ0n) is 21.3. The first-order chi connectivity index (χ1) is 18.5. The van der Waals surface area contributed by atoms with Crippen LogP contribution in [0, 0.1) is 11.3 Å². The molecule has 0 radical (unpaired) electrons. The molecule has 0 saturated carbocycles. The number of hydrogen-bond acceptors (Lipinski definition) is 7. The van der Waals surface area contributed by atoms with Crippen LogP contribution in [0.3, 0.4) is 0 Å². The summed E-state index contributed by atoms with van der Waals surface area (Å²) in [6.45, 7) is 4.28. The number of nitrogens with zero attached hydrogens (tertiary/aromatic N) is 9.